The van der Waals surface area contributed by atoms with Gasteiger partial charge in [0.25, 0.3) is 5.91 Å². The highest BCUT2D eigenvalue weighted by Crippen LogP contribution is 2.29. The van der Waals surface area contributed by atoms with Crippen LogP contribution in [0.1, 0.15) is 6.92 Å². The van der Waals surface area contributed by atoms with Gasteiger partial charge < -0.3 is 19.5 Å². The number of amides is 1. The van der Waals surface area contributed by atoms with E-state index in [2.05, 4.69) is 5.32 Å². The molecule has 2 aromatic carbocycles. The minimum Gasteiger partial charge on any atom is -0.495 e. The second kappa shape index (κ2) is 9.58. The van der Waals surface area contributed by atoms with Gasteiger partial charge in [0, 0.05) is 19.2 Å². The maximum Gasteiger partial charge on any atom is 0.265 e. The number of anilines is 1. The third kappa shape index (κ3) is 5.30. The monoisotopic (exact) mass is 456 g/mol. The number of hydrogen-bond donors (Lipinski definition) is 1. The number of benzene rings is 2. The summed E-state index contributed by atoms with van der Waals surface area (Å²) in [6.07, 6.45) is -1.09. The van der Waals surface area contributed by atoms with E-state index in [4.69, 9.17) is 14.2 Å². The fourth-order valence-electron chi connectivity index (χ4n) is 2.92. The normalized spacial score (nSPS) is 15.9. The first-order valence-electron chi connectivity index (χ1n) is 9.41. The summed E-state index contributed by atoms with van der Waals surface area (Å²) in [5, 5.41) is 2.56. The first-order valence-corrected chi connectivity index (χ1v) is 10.8. The molecule has 1 N–H and O–H groups in total. The Kier molecular flexibility index (Phi) is 7.08. The zero-order chi connectivity index (χ0) is 22.6. The molecule has 1 saturated heterocycles. The lowest BCUT2D eigenvalue weighted by Gasteiger charge is -2.26. The molecule has 0 saturated carbocycles. The lowest BCUT2D eigenvalue weighted by atomic mass is 10.2. The van der Waals surface area contributed by atoms with Crippen LogP contribution in [0.2, 0.25) is 0 Å². The van der Waals surface area contributed by atoms with Crippen molar-refractivity contribution in [1.29, 1.82) is 0 Å². The molecule has 31 heavy (non-hydrogen) atoms. The van der Waals surface area contributed by atoms with Gasteiger partial charge in [-0.2, -0.15) is 4.31 Å². The third-order valence-electron chi connectivity index (χ3n) is 4.61. The van der Waals surface area contributed by atoms with Crippen molar-refractivity contribution < 1.29 is 36.2 Å². The lowest BCUT2D eigenvalue weighted by molar-refractivity contribution is -0.122. The number of sulfonamides is 1. The molecule has 1 aliphatic rings. The van der Waals surface area contributed by atoms with E-state index in [0.29, 0.717) is 13.2 Å². The van der Waals surface area contributed by atoms with Gasteiger partial charge in [-0.15, -0.1) is 0 Å². The molecule has 0 radical (unpaired) electrons. The second-order valence-corrected chi connectivity index (χ2v) is 8.64. The summed E-state index contributed by atoms with van der Waals surface area (Å²) < 4.78 is 69.2. The molecule has 0 aromatic heterocycles. The van der Waals surface area contributed by atoms with Crippen molar-refractivity contribution in [3.63, 3.8) is 0 Å². The van der Waals surface area contributed by atoms with E-state index >= 15 is 0 Å². The highest BCUT2D eigenvalue weighted by atomic mass is 32.2. The fourth-order valence-corrected chi connectivity index (χ4v) is 4.36. The predicted molar refractivity (Wildman–Crippen MR) is 108 cm³/mol. The molecular weight excluding hydrogens is 434 g/mol. The summed E-state index contributed by atoms with van der Waals surface area (Å²) in [7, 11) is -2.41. The van der Waals surface area contributed by atoms with Gasteiger partial charge in [-0.05, 0) is 37.3 Å². The average molecular weight is 456 g/mol. The molecule has 1 heterocycles. The summed E-state index contributed by atoms with van der Waals surface area (Å²) in [6, 6.07) is 7.03. The molecule has 0 aliphatic carbocycles. The van der Waals surface area contributed by atoms with Gasteiger partial charge in [-0.25, -0.2) is 17.2 Å². The number of ether oxygens (including phenoxy) is 3. The predicted octanol–water partition coefficient (Wildman–Crippen LogP) is 2.40. The molecule has 1 aliphatic heterocycles. The molecule has 8 nitrogen and oxygen atoms in total. The smallest absolute Gasteiger partial charge is 0.265 e. The van der Waals surface area contributed by atoms with Crippen molar-refractivity contribution in [3.05, 3.63) is 48.0 Å². The topological polar surface area (TPSA) is 94.2 Å². The number of rotatable bonds is 7. The number of methoxy groups -OCH3 is 1. The first-order chi connectivity index (χ1) is 14.7. The molecule has 168 valence electrons. The Hall–Kier alpha value is -2.76. The van der Waals surface area contributed by atoms with Crippen LogP contribution in [0.3, 0.4) is 0 Å². The van der Waals surface area contributed by atoms with Crippen LogP contribution in [0.5, 0.6) is 11.5 Å². The lowest BCUT2D eigenvalue weighted by Crippen LogP contribution is -2.40. The van der Waals surface area contributed by atoms with Gasteiger partial charge in [0.2, 0.25) is 10.0 Å². The van der Waals surface area contributed by atoms with Crippen LogP contribution in [-0.2, 0) is 19.6 Å². The van der Waals surface area contributed by atoms with Crippen LogP contribution in [-0.4, -0.2) is 58.1 Å². The average Bonchev–Trinajstić information content (AvgIpc) is 2.76. The summed E-state index contributed by atoms with van der Waals surface area (Å²) in [5.74, 6) is -2.56. The quantitative estimate of drug-likeness (QED) is 0.688. The van der Waals surface area contributed by atoms with Crippen LogP contribution in [0, 0.1) is 11.6 Å². The Balaban J connectivity index is 1.78. The van der Waals surface area contributed by atoms with Gasteiger partial charge in [-0.1, -0.05) is 0 Å². The Morgan fingerprint density at radius 3 is 2.48 bits per heavy atom. The van der Waals surface area contributed by atoms with E-state index in [1.54, 1.807) is 0 Å². The van der Waals surface area contributed by atoms with Crippen LogP contribution in [0.25, 0.3) is 0 Å². The zero-order valence-electron chi connectivity index (χ0n) is 16.9. The van der Waals surface area contributed by atoms with E-state index < -0.39 is 33.7 Å². The molecule has 2 aromatic rings. The number of carbonyl (C=O) groups excluding carboxylic acids is 1. The van der Waals surface area contributed by atoms with Crippen LogP contribution in [0.15, 0.2) is 41.3 Å². The number of morpholine rings is 1. The standard InChI is InChI=1S/C20H22F2N2O6S/c1-13(30-14-3-5-16(21)17(22)11-14)20(25)23-18-12-15(4-6-19(18)28-2)31(26,27)24-7-9-29-10-8-24/h3-6,11-13H,7-10H2,1-2H3,(H,23,25). The Morgan fingerprint density at radius 2 is 1.84 bits per heavy atom. The summed E-state index contributed by atoms with van der Waals surface area (Å²) in [5.41, 5.74) is 0.127. The van der Waals surface area contributed by atoms with Gasteiger partial charge >= 0.3 is 0 Å². The van der Waals surface area contributed by atoms with Crippen molar-refractivity contribution >= 4 is 21.6 Å². The van der Waals surface area contributed by atoms with Gasteiger partial charge in [-0.3, -0.25) is 4.79 Å². The molecule has 0 bridgehead atoms. The molecule has 11 heteroatoms. The molecule has 1 atom stereocenters. The Bertz CT molecular complexity index is 1060. The molecule has 3 rings (SSSR count). The van der Waals surface area contributed by atoms with Gasteiger partial charge in [0.15, 0.2) is 17.7 Å². The Labute approximate surface area is 178 Å². The maximum absolute atomic E-state index is 13.3. The van der Waals surface area contributed by atoms with E-state index in [9.17, 15) is 22.0 Å². The Morgan fingerprint density at radius 1 is 1.13 bits per heavy atom. The highest BCUT2D eigenvalue weighted by Gasteiger charge is 2.27. The second-order valence-electron chi connectivity index (χ2n) is 6.70. The summed E-state index contributed by atoms with van der Waals surface area (Å²) in [4.78, 5) is 12.5. The summed E-state index contributed by atoms with van der Waals surface area (Å²) >= 11 is 0. The van der Waals surface area contributed by atoms with Crippen LogP contribution in [0.4, 0.5) is 14.5 Å². The molecule has 1 amide bonds. The molecule has 1 unspecified atom stereocenters. The molecule has 1 fully saturated rings. The number of halogens is 2. The van der Waals surface area contributed by atoms with Crippen LogP contribution < -0.4 is 14.8 Å². The van der Waals surface area contributed by atoms with E-state index in [1.165, 1.54) is 42.6 Å². The van der Waals surface area contributed by atoms with Crippen molar-refractivity contribution in [2.24, 2.45) is 0 Å². The van der Waals surface area contributed by atoms with Gasteiger partial charge in [0.1, 0.15) is 11.5 Å². The van der Waals surface area contributed by atoms with Crippen LogP contribution >= 0.6 is 0 Å². The number of nitrogens with one attached hydrogen (secondary N) is 1. The molecule has 0 spiro atoms. The minimum atomic E-state index is -3.78. The SMILES string of the molecule is COc1ccc(S(=O)(=O)N2CCOCC2)cc1NC(=O)C(C)Oc1ccc(F)c(F)c1. The van der Waals surface area contributed by atoms with E-state index in [1.807, 2.05) is 0 Å². The van der Waals surface area contributed by atoms with Crippen molar-refractivity contribution in [2.45, 2.75) is 17.9 Å². The first kappa shape index (κ1) is 22.9. The largest absolute Gasteiger partial charge is 0.495 e. The number of nitrogens with zero attached hydrogens (tertiary/aromatic N) is 1. The van der Waals surface area contributed by atoms with Crippen molar-refractivity contribution in [2.75, 3.05) is 38.7 Å². The number of hydrogen-bond acceptors (Lipinski definition) is 6. The van der Waals surface area contributed by atoms with E-state index in [0.717, 1.165) is 12.1 Å². The third-order valence-corrected chi connectivity index (χ3v) is 6.50. The number of carbonyl (C=O) groups is 1. The fraction of sp³-hybridized carbons (Fsp3) is 0.350. The van der Waals surface area contributed by atoms with E-state index in [-0.39, 0.29) is 35.2 Å². The van der Waals surface area contributed by atoms with Crippen molar-refractivity contribution in [1.82, 2.24) is 4.31 Å². The minimum absolute atomic E-state index is 0.0142. The zero-order valence-corrected chi connectivity index (χ0v) is 17.7. The maximum atomic E-state index is 13.3. The van der Waals surface area contributed by atoms with Gasteiger partial charge in [0.05, 0.1) is 30.9 Å². The van der Waals surface area contributed by atoms with Crippen molar-refractivity contribution in [3.8, 4) is 11.5 Å². The highest BCUT2D eigenvalue weighted by molar-refractivity contribution is 7.89. The molecular formula is C20H22F2N2O6S. The summed E-state index contributed by atoms with van der Waals surface area (Å²) in [6.45, 7) is 2.48.